The summed E-state index contributed by atoms with van der Waals surface area (Å²) in [5, 5.41) is 11.3. The molecule has 2 aromatic heterocycles. The topological polar surface area (TPSA) is 92.9 Å². The lowest BCUT2D eigenvalue weighted by molar-refractivity contribution is -0.130. The fourth-order valence-electron chi connectivity index (χ4n) is 3.11. The van der Waals surface area contributed by atoms with Gasteiger partial charge in [-0.2, -0.15) is 0 Å². The molecule has 0 radical (unpaired) electrons. The summed E-state index contributed by atoms with van der Waals surface area (Å²) in [5.74, 6) is -1.14. The zero-order valence-corrected chi connectivity index (χ0v) is 16.5. The normalized spacial score (nSPS) is 17.4. The van der Waals surface area contributed by atoms with Crippen LogP contribution in [0.4, 0.5) is 0 Å². The number of hydrogen-bond acceptors (Lipinski definition) is 7. The minimum Gasteiger partial charge on any atom is -0.503 e. The lowest BCUT2D eigenvalue weighted by Crippen LogP contribution is -2.34. The van der Waals surface area contributed by atoms with E-state index in [0.717, 1.165) is 5.01 Å². The number of ether oxygens (including phenoxy) is 1. The van der Waals surface area contributed by atoms with Crippen LogP contribution in [0.1, 0.15) is 46.0 Å². The summed E-state index contributed by atoms with van der Waals surface area (Å²) in [6.45, 7) is 7.85. The molecule has 1 unspecified atom stereocenters. The maximum Gasteiger partial charge on any atom is 0.290 e. The third-order valence-corrected chi connectivity index (χ3v) is 5.33. The highest BCUT2D eigenvalue weighted by Crippen LogP contribution is 2.40. The predicted octanol–water partition coefficient (Wildman–Crippen LogP) is 3.36. The molecule has 27 heavy (non-hydrogen) atoms. The van der Waals surface area contributed by atoms with Gasteiger partial charge in [-0.3, -0.25) is 9.59 Å². The molecule has 0 saturated heterocycles. The van der Waals surface area contributed by atoms with Gasteiger partial charge in [-0.25, -0.2) is 4.98 Å². The smallest absolute Gasteiger partial charge is 0.290 e. The van der Waals surface area contributed by atoms with E-state index < -0.39 is 23.5 Å². The van der Waals surface area contributed by atoms with Gasteiger partial charge in [-0.05, 0) is 39.8 Å². The highest BCUT2D eigenvalue weighted by Gasteiger charge is 2.45. The van der Waals surface area contributed by atoms with Gasteiger partial charge in [-0.1, -0.05) is 0 Å². The van der Waals surface area contributed by atoms with Crippen LogP contribution in [0.5, 0.6) is 0 Å². The van der Waals surface area contributed by atoms with Crippen molar-refractivity contribution in [3.05, 3.63) is 51.1 Å². The number of carbonyl (C=O) groups excluding carboxylic acids is 2. The molecule has 0 saturated carbocycles. The van der Waals surface area contributed by atoms with E-state index in [-0.39, 0.29) is 24.8 Å². The zero-order valence-electron chi connectivity index (χ0n) is 15.7. The number of rotatable bonds is 7. The van der Waals surface area contributed by atoms with Crippen LogP contribution in [0.25, 0.3) is 0 Å². The molecule has 3 heterocycles. The zero-order chi connectivity index (χ0) is 19.7. The Balaban J connectivity index is 1.98. The van der Waals surface area contributed by atoms with Crippen LogP contribution in [0.15, 0.2) is 34.1 Å². The van der Waals surface area contributed by atoms with Gasteiger partial charge in [0.2, 0.25) is 5.78 Å². The molecular weight excluding hydrogens is 368 g/mol. The Hall–Kier alpha value is -2.45. The molecule has 3 rings (SSSR count). The van der Waals surface area contributed by atoms with Crippen LogP contribution < -0.4 is 0 Å². The van der Waals surface area contributed by atoms with E-state index in [0.29, 0.717) is 16.3 Å². The van der Waals surface area contributed by atoms with E-state index in [2.05, 4.69) is 4.98 Å². The SMILES string of the molecule is Cc1nc(C)c(C(=O)C2=C(O)C(=O)N(CCOC(C)C)C2c2ccco2)s1. The number of aliphatic hydroxyl groups excluding tert-OH is 1. The average Bonchev–Trinajstić information content (AvgIpc) is 3.29. The van der Waals surface area contributed by atoms with Crippen molar-refractivity contribution in [2.75, 3.05) is 13.2 Å². The first-order chi connectivity index (χ1) is 12.8. The summed E-state index contributed by atoms with van der Waals surface area (Å²) < 4.78 is 11.0. The molecule has 1 aliphatic rings. The van der Waals surface area contributed by atoms with Crippen LogP contribution in [0.2, 0.25) is 0 Å². The van der Waals surface area contributed by atoms with Crippen molar-refractivity contribution in [3.63, 3.8) is 0 Å². The number of ketones is 1. The number of Topliss-reactive ketones (excluding diaryl/α,β-unsaturated/α-hetero) is 1. The van der Waals surface area contributed by atoms with Crippen LogP contribution in [-0.4, -0.2) is 45.9 Å². The average molecular weight is 390 g/mol. The summed E-state index contributed by atoms with van der Waals surface area (Å²) in [6, 6.07) is 2.57. The summed E-state index contributed by atoms with van der Waals surface area (Å²) >= 11 is 1.24. The van der Waals surface area contributed by atoms with Gasteiger partial charge >= 0.3 is 0 Å². The largest absolute Gasteiger partial charge is 0.503 e. The second kappa shape index (κ2) is 7.66. The molecule has 1 atom stereocenters. The molecule has 0 spiro atoms. The van der Waals surface area contributed by atoms with E-state index in [4.69, 9.17) is 9.15 Å². The fraction of sp³-hybridized carbons (Fsp3) is 0.421. The van der Waals surface area contributed by atoms with E-state index in [9.17, 15) is 14.7 Å². The summed E-state index contributed by atoms with van der Waals surface area (Å²) in [4.78, 5) is 32.0. The Morgan fingerprint density at radius 3 is 2.74 bits per heavy atom. The molecule has 8 heteroatoms. The summed E-state index contributed by atoms with van der Waals surface area (Å²) in [7, 11) is 0. The van der Waals surface area contributed by atoms with Crippen molar-refractivity contribution >= 4 is 23.0 Å². The third kappa shape index (κ3) is 3.68. The minimum atomic E-state index is -0.794. The van der Waals surface area contributed by atoms with Crippen LogP contribution in [0, 0.1) is 13.8 Å². The van der Waals surface area contributed by atoms with Crippen molar-refractivity contribution in [2.24, 2.45) is 0 Å². The number of carbonyl (C=O) groups is 2. The molecule has 0 fully saturated rings. The van der Waals surface area contributed by atoms with Gasteiger partial charge in [0, 0.05) is 6.54 Å². The number of aromatic nitrogens is 1. The quantitative estimate of drug-likeness (QED) is 0.729. The van der Waals surface area contributed by atoms with Gasteiger partial charge < -0.3 is 19.2 Å². The molecule has 1 amide bonds. The van der Waals surface area contributed by atoms with Crippen LogP contribution in [-0.2, 0) is 9.53 Å². The van der Waals surface area contributed by atoms with E-state index in [1.54, 1.807) is 19.1 Å². The monoisotopic (exact) mass is 390 g/mol. The maximum absolute atomic E-state index is 13.2. The van der Waals surface area contributed by atoms with Crippen molar-refractivity contribution in [1.82, 2.24) is 9.88 Å². The van der Waals surface area contributed by atoms with Gasteiger partial charge in [-0.15, -0.1) is 11.3 Å². The first-order valence-electron chi connectivity index (χ1n) is 8.69. The Kier molecular flexibility index (Phi) is 5.48. The number of amides is 1. The molecule has 144 valence electrons. The molecule has 0 bridgehead atoms. The lowest BCUT2D eigenvalue weighted by atomic mass is 9.99. The number of nitrogens with zero attached hydrogens (tertiary/aromatic N) is 2. The second-order valence-electron chi connectivity index (χ2n) is 6.57. The number of aliphatic hydroxyl groups is 1. The van der Waals surface area contributed by atoms with E-state index >= 15 is 0 Å². The Bertz CT molecular complexity index is 882. The molecule has 0 aliphatic carbocycles. The van der Waals surface area contributed by atoms with Gasteiger partial charge in [0.15, 0.2) is 5.76 Å². The maximum atomic E-state index is 13.2. The molecule has 1 N–H and O–H groups in total. The first kappa shape index (κ1) is 19.3. The highest BCUT2D eigenvalue weighted by atomic mass is 32.1. The van der Waals surface area contributed by atoms with Crippen molar-refractivity contribution < 1.29 is 23.8 Å². The summed E-state index contributed by atoms with van der Waals surface area (Å²) in [6.07, 6.45) is 1.48. The second-order valence-corrected chi connectivity index (χ2v) is 7.78. The van der Waals surface area contributed by atoms with Crippen molar-refractivity contribution in [1.29, 1.82) is 0 Å². The van der Waals surface area contributed by atoms with Crippen molar-refractivity contribution in [2.45, 2.75) is 39.8 Å². The highest BCUT2D eigenvalue weighted by molar-refractivity contribution is 7.14. The number of aryl methyl sites for hydroxylation is 2. The molecular formula is C19H22N2O5S. The van der Waals surface area contributed by atoms with Crippen molar-refractivity contribution in [3.8, 4) is 0 Å². The predicted molar refractivity (Wildman–Crippen MR) is 99.8 cm³/mol. The number of hydrogen-bond donors (Lipinski definition) is 1. The van der Waals surface area contributed by atoms with Gasteiger partial charge in [0.05, 0.1) is 40.1 Å². The Morgan fingerprint density at radius 2 is 2.19 bits per heavy atom. The number of furan rings is 1. The standard InChI is InChI=1S/C19H22N2O5S/c1-10(2)25-9-7-21-15(13-6-5-8-26-13)14(17(23)19(21)24)16(22)18-11(3)20-12(4)27-18/h5-6,8,10,15,23H,7,9H2,1-4H3. The molecule has 0 aromatic carbocycles. The summed E-state index contributed by atoms with van der Waals surface area (Å²) in [5.41, 5.74) is 0.598. The van der Waals surface area contributed by atoms with Gasteiger partial charge in [0.25, 0.3) is 5.91 Å². The first-order valence-corrected chi connectivity index (χ1v) is 9.50. The van der Waals surface area contributed by atoms with Crippen LogP contribution in [0.3, 0.4) is 0 Å². The minimum absolute atomic E-state index is 0.00949. The molecule has 7 nitrogen and oxygen atoms in total. The third-order valence-electron chi connectivity index (χ3n) is 4.25. The Labute approximate surface area is 161 Å². The van der Waals surface area contributed by atoms with E-state index in [1.165, 1.54) is 22.5 Å². The lowest BCUT2D eigenvalue weighted by Gasteiger charge is -2.25. The molecule has 2 aromatic rings. The molecule has 1 aliphatic heterocycles. The van der Waals surface area contributed by atoms with Crippen LogP contribution >= 0.6 is 11.3 Å². The van der Waals surface area contributed by atoms with E-state index in [1.807, 2.05) is 20.8 Å². The number of thiazole rings is 1. The van der Waals surface area contributed by atoms with Gasteiger partial charge in [0.1, 0.15) is 11.8 Å². The fourth-order valence-corrected chi connectivity index (χ4v) is 3.98. The Morgan fingerprint density at radius 1 is 1.44 bits per heavy atom.